The van der Waals surface area contributed by atoms with Crippen molar-refractivity contribution >= 4 is 54.0 Å². The monoisotopic (exact) mass is 584 g/mol. The first kappa shape index (κ1) is 26.7. The van der Waals surface area contributed by atoms with Gasteiger partial charge in [0, 0.05) is 39.2 Å². The molecule has 6 rings (SSSR count). The summed E-state index contributed by atoms with van der Waals surface area (Å²) >= 11 is 1.68. The maximum Gasteiger partial charge on any atom is 0.255 e. The Kier molecular flexibility index (Phi) is 6.84. The van der Waals surface area contributed by atoms with Crippen LogP contribution in [0.5, 0.6) is 0 Å². The maximum atomic E-state index is 13.7. The molecular formula is C32H25FN2O4S2. The largest absolute Gasteiger partial charge is 0.455 e. The van der Waals surface area contributed by atoms with Gasteiger partial charge in [-0.3, -0.25) is 9.52 Å². The Hall–Kier alpha value is -4.47. The molecule has 6 nitrogen and oxygen atoms in total. The first-order valence-electron chi connectivity index (χ1n) is 12.9. The van der Waals surface area contributed by atoms with Gasteiger partial charge in [-0.2, -0.15) is 0 Å². The Morgan fingerprint density at radius 3 is 2.39 bits per heavy atom. The van der Waals surface area contributed by atoms with E-state index < -0.39 is 15.8 Å². The number of thiophene rings is 1. The minimum atomic E-state index is -3.64. The number of halogens is 1. The highest BCUT2D eigenvalue weighted by atomic mass is 32.2. The van der Waals surface area contributed by atoms with Crippen LogP contribution < -0.4 is 10.0 Å². The number of sulfonamides is 1. The van der Waals surface area contributed by atoms with E-state index in [4.69, 9.17) is 4.42 Å². The van der Waals surface area contributed by atoms with Crippen molar-refractivity contribution in [1.82, 2.24) is 5.32 Å². The molecule has 0 saturated heterocycles. The Morgan fingerprint density at radius 2 is 1.66 bits per heavy atom. The van der Waals surface area contributed by atoms with Gasteiger partial charge >= 0.3 is 0 Å². The van der Waals surface area contributed by atoms with Crippen LogP contribution in [-0.4, -0.2) is 27.1 Å². The predicted octanol–water partition coefficient (Wildman–Crippen LogP) is 7.91. The molecule has 2 heterocycles. The minimum absolute atomic E-state index is 0.116. The van der Waals surface area contributed by atoms with Crippen molar-refractivity contribution < 1.29 is 22.0 Å². The lowest BCUT2D eigenvalue weighted by Crippen LogP contribution is -2.18. The minimum Gasteiger partial charge on any atom is -0.455 e. The summed E-state index contributed by atoms with van der Waals surface area (Å²) in [4.78, 5) is 14.2. The van der Waals surface area contributed by atoms with Crippen LogP contribution in [0, 0.1) is 5.82 Å². The molecule has 2 N–H and O–H groups in total. The molecule has 0 aliphatic rings. The van der Waals surface area contributed by atoms with Crippen LogP contribution in [-0.2, 0) is 10.0 Å². The Balaban J connectivity index is 1.58. The average Bonchev–Trinajstić information content (AvgIpc) is 3.58. The standard InChI is InChI=1S/C32H25FN2O4S2/c1-3-41(37,38)35-26-18-27-25(30(32(36)34-2)31(39-27)19-11-13-23(33)14-12-19)17-24(26)20-8-6-9-21(15-20)29-16-22-7-4-5-10-28(22)40-29/h4-18,35H,3H2,1-2H3,(H,34,36). The van der Waals surface area contributed by atoms with E-state index in [1.54, 1.807) is 30.4 Å². The Morgan fingerprint density at radius 1 is 0.902 bits per heavy atom. The van der Waals surface area contributed by atoms with Crippen molar-refractivity contribution in [3.05, 3.63) is 102 Å². The van der Waals surface area contributed by atoms with Crippen LogP contribution in [0.15, 0.2) is 95.4 Å². The van der Waals surface area contributed by atoms with E-state index in [1.807, 2.05) is 36.4 Å². The number of hydrogen-bond donors (Lipinski definition) is 2. The molecule has 4 aromatic carbocycles. The second-order valence-corrected chi connectivity index (χ2v) is 12.6. The third kappa shape index (κ3) is 5.10. The molecule has 9 heteroatoms. The number of anilines is 1. The fourth-order valence-electron chi connectivity index (χ4n) is 4.82. The summed E-state index contributed by atoms with van der Waals surface area (Å²) in [6, 6.07) is 27.2. The van der Waals surface area contributed by atoms with Gasteiger partial charge in [0.2, 0.25) is 10.0 Å². The molecule has 0 bridgehead atoms. The van der Waals surface area contributed by atoms with E-state index in [1.165, 1.54) is 36.0 Å². The zero-order valence-corrected chi connectivity index (χ0v) is 23.8. The van der Waals surface area contributed by atoms with E-state index in [0.717, 1.165) is 21.4 Å². The van der Waals surface area contributed by atoms with E-state index in [0.29, 0.717) is 27.8 Å². The quantitative estimate of drug-likeness (QED) is 0.200. The van der Waals surface area contributed by atoms with E-state index in [-0.39, 0.29) is 23.0 Å². The molecule has 0 radical (unpaired) electrons. The summed E-state index contributed by atoms with van der Waals surface area (Å²) in [5.41, 5.74) is 3.79. The van der Waals surface area contributed by atoms with Gasteiger partial charge in [-0.15, -0.1) is 11.3 Å². The second kappa shape index (κ2) is 10.5. The maximum absolute atomic E-state index is 13.7. The van der Waals surface area contributed by atoms with Crippen molar-refractivity contribution in [3.8, 4) is 32.9 Å². The first-order chi connectivity index (χ1) is 19.8. The lowest BCUT2D eigenvalue weighted by atomic mass is 9.97. The van der Waals surface area contributed by atoms with Gasteiger partial charge in [-0.1, -0.05) is 36.4 Å². The van der Waals surface area contributed by atoms with E-state index in [2.05, 4.69) is 28.2 Å². The molecule has 6 aromatic rings. The highest BCUT2D eigenvalue weighted by Crippen LogP contribution is 2.42. The van der Waals surface area contributed by atoms with E-state index >= 15 is 0 Å². The second-order valence-electron chi connectivity index (χ2n) is 9.52. The smallest absolute Gasteiger partial charge is 0.255 e. The summed E-state index contributed by atoms with van der Waals surface area (Å²) in [6.45, 7) is 1.56. The molecule has 0 aliphatic carbocycles. The van der Waals surface area contributed by atoms with Gasteiger partial charge in [-0.25, -0.2) is 12.8 Å². The van der Waals surface area contributed by atoms with Crippen LogP contribution in [0.2, 0.25) is 0 Å². The highest BCUT2D eigenvalue weighted by Gasteiger charge is 2.24. The van der Waals surface area contributed by atoms with Gasteiger partial charge < -0.3 is 9.73 Å². The third-order valence-electron chi connectivity index (χ3n) is 6.92. The zero-order chi connectivity index (χ0) is 28.7. The van der Waals surface area contributed by atoms with Gasteiger partial charge in [-0.05, 0) is 72.0 Å². The van der Waals surface area contributed by atoms with Crippen molar-refractivity contribution in [1.29, 1.82) is 0 Å². The molecule has 0 fully saturated rings. The number of carbonyl (C=O) groups is 1. The Bertz CT molecular complexity index is 2010. The van der Waals surface area contributed by atoms with Crippen molar-refractivity contribution in [2.24, 2.45) is 0 Å². The van der Waals surface area contributed by atoms with Gasteiger partial charge in [0.1, 0.15) is 17.2 Å². The lowest BCUT2D eigenvalue weighted by Gasteiger charge is -2.13. The van der Waals surface area contributed by atoms with Crippen molar-refractivity contribution in [2.75, 3.05) is 17.5 Å². The number of carbonyl (C=O) groups excluding carboxylic acids is 1. The van der Waals surface area contributed by atoms with Crippen LogP contribution in [0.1, 0.15) is 17.3 Å². The Labute approximate surface area is 240 Å². The molecule has 206 valence electrons. The number of furan rings is 1. The molecule has 0 saturated carbocycles. The number of fused-ring (bicyclic) bond motifs is 2. The van der Waals surface area contributed by atoms with Crippen molar-refractivity contribution in [2.45, 2.75) is 6.92 Å². The molecular weight excluding hydrogens is 559 g/mol. The molecule has 0 unspecified atom stereocenters. The molecule has 0 aliphatic heterocycles. The van der Waals surface area contributed by atoms with Crippen LogP contribution in [0.4, 0.5) is 10.1 Å². The zero-order valence-electron chi connectivity index (χ0n) is 22.2. The number of benzene rings is 4. The molecule has 0 atom stereocenters. The molecule has 0 spiro atoms. The number of nitrogens with one attached hydrogen (secondary N) is 2. The van der Waals surface area contributed by atoms with E-state index in [9.17, 15) is 17.6 Å². The van der Waals surface area contributed by atoms with Crippen LogP contribution in [0.25, 0.3) is 53.9 Å². The fraction of sp³-hybridized carbons (Fsp3) is 0.0938. The van der Waals surface area contributed by atoms with Crippen LogP contribution >= 0.6 is 11.3 Å². The normalized spacial score (nSPS) is 11.7. The van der Waals surface area contributed by atoms with Crippen molar-refractivity contribution in [3.63, 3.8) is 0 Å². The fourth-order valence-corrected chi connectivity index (χ4v) is 6.53. The molecule has 41 heavy (non-hydrogen) atoms. The van der Waals surface area contributed by atoms with Gasteiger partial charge in [0.15, 0.2) is 0 Å². The summed E-state index contributed by atoms with van der Waals surface area (Å²) < 4.78 is 49.1. The van der Waals surface area contributed by atoms with Gasteiger partial charge in [0.05, 0.1) is 17.0 Å². The topological polar surface area (TPSA) is 88.4 Å². The summed E-state index contributed by atoms with van der Waals surface area (Å²) in [5, 5.41) is 4.32. The van der Waals surface area contributed by atoms with Crippen LogP contribution in [0.3, 0.4) is 0 Å². The highest BCUT2D eigenvalue weighted by molar-refractivity contribution is 7.92. The summed E-state index contributed by atoms with van der Waals surface area (Å²) in [6.07, 6.45) is 0. The lowest BCUT2D eigenvalue weighted by molar-refractivity contribution is 0.0964. The summed E-state index contributed by atoms with van der Waals surface area (Å²) in [7, 11) is -2.12. The first-order valence-corrected chi connectivity index (χ1v) is 15.4. The van der Waals surface area contributed by atoms with Gasteiger partial charge in [0.25, 0.3) is 5.91 Å². The number of rotatable bonds is 7. The third-order valence-corrected chi connectivity index (χ3v) is 9.37. The predicted molar refractivity (Wildman–Crippen MR) is 164 cm³/mol. The molecule has 1 amide bonds. The number of hydrogen-bond acceptors (Lipinski definition) is 5. The SMILES string of the molecule is CCS(=O)(=O)Nc1cc2oc(-c3ccc(F)cc3)c(C(=O)NC)c2cc1-c1cccc(-c2cc3ccccc3s2)c1. The number of amides is 1. The average molecular weight is 585 g/mol. The molecule has 2 aromatic heterocycles. The summed E-state index contributed by atoms with van der Waals surface area (Å²) in [5.74, 6) is -0.646.